The number of fused-ring (bicyclic) bond motifs is 1. The normalized spacial score (nSPS) is 13.6. The van der Waals surface area contributed by atoms with E-state index in [1.54, 1.807) is 42.5 Å². The van der Waals surface area contributed by atoms with Gasteiger partial charge in [0, 0.05) is 11.4 Å². The van der Waals surface area contributed by atoms with Crippen molar-refractivity contribution in [2.24, 2.45) is 0 Å². The number of hydrogen-bond donors (Lipinski definition) is 2. The number of carbonyl (C=O) groups excluding carboxylic acids is 1. The summed E-state index contributed by atoms with van der Waals surface area (Å²) in [6.07, 6.45) is 1.13. The van der Waals surface area contributed by atoms with Gasteiger partial charge in [-0.3, -0.25) is 9.52 Å². The van der Waals surface area contributed by atoms with Gasteiger partial charge in [0.05, 0.1) is 11.3 Å². The molecule has 6 heteroatoms. The number of sulfonamides is 1. The Morgan fingerprint density at radius 1 is 1.14 bits per heavy atom. The van der Waals surface area contributed by atoms with E-state index in [2.05, 4.69) is 10.0 Å². The van der Waals surface area contributed by atoms with Crippen LogP contribution >= 0.6 is 0 Å². The molecule has 0 unspecified atom stereocenters. The first kappa shape index (κ1) is 14.6. The lowest BCUT2D eigenvalue weighted by Gasteiger charge is -2.10. The lowest BCUT2D eigenvalue weighted by Crippen LogP contribution is -2.13. The second-order valence-corrected chi connectivity index (χ2v) is 6.88. The number of carbonyl (C=O) groups is 1. The maximum absolute atomic E-state index is 12.4. The van der Waals surface area contributed by atoms with Crippen LogP contribution in [0.5, 0.6) is 0 Å². The molecule has 114 valence electrons. The van der Waals surface area contributed by atoms with E-state index in [4.69, 9.17) is 0 Å². The average Bonchev–Trinajstić information content (AvgIpc) is 2.86. The predicted molar refractivity (Wildman–Crippen MR) is 85.4 cm³/mol. The predicted octanol–water partition coefficient (Wildman–Crippen LogP) is 2.54. The van der Waals surface area contributed by atoms with Crippen molar-refractivity contribution in [2.75, 3.05) is 10.0 Å². The van der Waals surface area contributed by atoms with Crippen LogP contribution in [0.15, 0.2) is 47.4 Å². The van der Waals surface area contributed by atoms with Crippen molar-refractivity contribution >= 4 is 27.3 Å². The molecule has 2 N–H and O–H groups in total. The highest BCUT2D eigenvalue weighted by Crippen LogP contribution is 2.27. The second-order valence-electron chi connectivity index (χ2n) is 5.20. The molecule has 0 fully saturated rings. The third-order valence-electron chi connectivity index (χ3n) is 3.62. The molecule has 0 saturated heterocycles. The summed E-state index contributed by atoms with van der Waals surface area (Å²) in [7, 11) is -3.62. The lowest BCUT2D eigenvalue weighted by molar-refractivity contribution is -0.115. The van der Waals surface area contributed by atoms with Crippen LogP contribution in [0.25, 0.3) is 0 Å². The maximum atomic E-state index is 12.4. The first-order valence-electron chi connectivity index (χ1n) is 7.02. The molecule has 5 nitrogen and oxygen atoms in total. The molecule has 0 aliphatic carbocycles. The Morgan fingerprint density at radius 3 is 2.55 bits per heavy atom. The first-order valence-corrected chi connectivity index (χ1v) is 8.51. The molecule has 0 spiro atoms. The molecule has 0 saturated carbocycles. The molecule has 2 aromatic carbocycles. The molecular formula is C16H16N2O3S. The van der Waals surface area contributed by atoms with Crippen LogP contribution < -0.4 is 10.0 Å². The van der Waals surface area contributed by atoms with Crippen molar-refractivity contribution in [1.29, 1.82) is 0 Å². The topological polar surface area (TPSA) is 75.3 Å². The average molecular weight is 316 g/mol. The van der Waals surface area contributed by atoms with Gasteiger partial charge >= 0.3 is 0 Å². The fraction of sp³-hybridized carbons (Fsp3) is 0.188. The summed E-state index contributed by atoms with van der Waals surface area (Å²) >= 11 is 0. The Kier molecular flexibility index (Phi) is 3.62. The third kappa shape index (κ3) is 2.82. The largest absolute Gasteiger partial charge is 0.326 e. The van der Waals surface area contributed by atoms with Crippen LogP contribution in [-0.2, 0) is 27.7 Å². The third-order valence-corrected chi connectivity index (χ3v) is 5.02. The van der Waals surface area contributed by atoms with Gasteiger partial charge in [-0.2, -0.15) is 0 Å². The molecule has 1 heterocycles. The van der Waals surface area contributed by atoms with E-state index < -0.39 is 10.0 Å². The summed E-state index contributed by atoms with van der Waals surface area (Å²) in [5.74, 6) is -0.0786. The highest BCUT2D eigenvalue weighted by molar-refractivity contribution is 7.92. The molecule has 22 heavy (non-hydrogen) atoms. The Bertz CT molecular complexity index is 827. The molecule has 1 aliphatic heterocycles. The van der Waals surface area contributed by atoms with E-state index in [1.807, 2.05) is 6.92 Å². The van der Waals surface area contributed by atoms with E-state index in [0.717, 1.165) is 23.2 Å². The zero-order valence-electron chi connectivity index (χ0n) is 12.1. The van der Waals surface area contributed by atoms with E-state index >= 15 is 0 Å². The minimum absolute atomic E-state index is 0.0786. The smallest absolute Gasteiger partial charge is 0.261 e. The van der Waals surface area contributed by atoms with E-state index in [0.29, 0.717) is 5.69 Å². The fourth-order valence-corrected chi connectivity index (χ4v) is 3.46. The molecule has 0 aromatic heterocycles. The van der Waals surface area contributed by atoms with Gasteiger partial charge in [-0.15, -0.1) is 0 Å². The van der Waals surface area contributed by atoms with E-state index in [1.165, 1.54) is 0 Å². The van der Waals surface area contributed by atoms with Crippen LogP contribution in [0.1, 0.15) is 18.1 Å². The number of nitrogens with one attached hydrogen (secondary N) is 2. The monoisotopic (exact) mass is 316 g/mol. The molecule has 2 aromatic rings. The Hall–Kier alpha value is -2.34. The number of hydrogen-bond acceptors (Lipinski definition) is 3. The first-order chi connectivity index (χ1) is 10.5. The van der Waals surface area contributed by atoms with Crippen molar-refractivity contribution in [3.8, 4) is 0 Å². The van der Waals surface area contributed by atoms with Crippen LogP contribution in [0.2, 0.25) is 0 Å². The zero-order chi connectivity index (χ0) is 15.7. The zero-order valence-corrected chi connectivity index (χ0v) is 12.9. The number of amides is 1. The number of aryl methyl sites for hydroxylation is 1. The molecule has 3 rings (SSSR count). The standard InChI is InChI=1S/C16H16N2O3S/c1-2-11-3-6-14(7-4-11)22(20,21)18-13-5-8-15-12(9-13)10-16(19)17-15/h3-9,18H,2,10H2,1H3,(H,17,19). The summed E-state index contributed by atoms with van der Waals surface area (Å²) in [4.78, 5) is 11.6. The minimum atomic E-state index is -3.62. The fourth-order valence-electron chi connectivity index (χ4n) is 2.41. The van der Waals surface area contributed by atoms with Crippen LogP contribution in [0.3, 0.4) is 0 Å². The Balaban J connectivity index is 1.85. The Morgan fingerprint density at radius 2 is 1.86 bits per heavy atom. The summed E-state index contributed by atoms with van der Waals surface area (Å²) in [5, 5.41) is 2.72. The highest BCUT2D eigenvalue weighted by Gasteiger charge is 2.19. The van der Waals surface area contributed by atoms with Gasteiger partial charge in [0.1, 0.15) is 0 Å². The van der Waals surface area contributed by atoms with Gasteiger partial charge in [0.25, 0.3) is 10.0 Å². The van der Waals surface area contributed by atoms with Gasteiger partial charge in [-0.1, -0.05) is 19.1 Å². The Labute approximate surface area is 129 Å². The minimum Gasteiger partial charge on any atom is -0.326 e. The summed E-state index contributed by atoms with van der Waals surface area (Å²) < 4.78 is 27.3. The molecule has 1 amide bonds. The van der Waals surface area contributed by atoms with Crippen molar-refractivity contribution in [1.82, 2.24) is 0 Å². The van der Waals surface area contributed by atoms with Crippen LogP contribution in [0.4, 0.5) is 11.4 Å². The van der Waals surface area contributed by atoms with Gasteiger partial charge in [0.15, 0.2) is 0 Å². The number of benzene rings is 2. The van der Waals surface area contributed by atoms with E-state index in [-0.39, 0.29) is 17.2 Å². The van der Waals surface area contributed by atoms with E-state index in [9.17, 15) is 13.2 Å². The highest BCUT2D eigenvalue weighted by atomic mass is 32.2. The van der Waals surface area contributed by atoms with Gasteiger partial charge in [-0.05, 0) is 47.9 Å². The summed E-state index contributed by atoms with van der Waals surface area (Å²) in [5.41, 5.74) is 3.07. The molecule has 0 atom stereocenters. The van der Waals surface area contributed by atoms with Crippen LogP contribution in [0, 0.1) is 0 Å². The summed E-state index contributed by atoms with van der Waals surface area (Å²) in [6.45, 7) is 2.02. The number of anilines is 2. The van der Waals surface area contributed by atoms with Crippen molar-refractivity contribution in [3.63, 3.8) is 0 Å². The molecule has 0 radical (unpaired) electrons. The van der Waals surface area contributed by atoms with Crippen molar-refractivity contribution < 1.29 is 13.2 Å². The van der Waals surface area contributed by atoms with Crippen molar-refractivity contribution in [2.45, 2.75) is 24.7 Å². The lowest BCUT2D eigenvalue weighted by atomic mass is 10.1. The van der Waals surface area contributed by atoms with Crippen LogP contribution in [-0.4, -0.2) is 14.3 Å². The SMILES string of the molecule is CCc1ccc(S(=O)(=O)Nc2ccc3c(c2)CC(=O)N3)cc1. The maximum Gasteiger partial charge on any atom is 0.261 e. The van der Waals surface area contributed by atoms with Crippen molar-refractivity contribution in [3.05, 3.63) is 53.6 Å². The van der Waals surface area contributed by atoms with Gasteiger partial charge < -0.3 is 5.32 Å². The quantitative estimate of drug-likeness (QED) is 0.910. The summed E-state index contributed by atoms with van der Waals surface area (Å²) in [6, 6.07) is 11.8. The van der Waals surface area contributed by atoms with Gasteiger partial charge in [0.2, 0.25) is 5.91 Å². The molecule has 1 aliphatic rings. The molecule has 0 bridgehead atoms. The van der Waals surface area contributed by atoms with Gasteiger partial charge in [-0.25, -0.2) is 8.42 Å². The second kappa shape index (κ2) is 5.46. The number of rotatable bonds is 4. The molecular weight excluding hydrogens is 300 g/mol.